The fraction of sp³-hybridized carbons (Fsp3) is 0.235. The van der Waals surface area contributed by atoms with Crippen LogP contribution in [0.5, 0.6) is 5.88 Å². The number of methoxy groups -OCH3 is 1. The molecule has 0 unspecified atom stereocenters. The van der Waals surface area contributed by atoms with E-state index in [2.05, 4.69) is 20.3 Å². The third-order valence-corrected chi connectivity index (χ3v) is 3.94. The minimum atomic E-state index is -0.455. The summed E-state index contributed by atoms with van der Waals surface area (Å²) in [6.45, 7) is 3.80. The van der Waals surface area contributed by atoms with Crippen molar-refractivity contribution in [1.82, 2.24) is 15.0 Å². The summed E-state index contributed by atoms with van der Waals surface area (Å²) < 4.78 is 19.8. The highest BCUT2D eigenvalue weighted by Gasteiger charge is 2.14. The number of pyridine rings is 1. The number of hydrogen-bond acceptors (Lipinski definition) is 5. The van der Waals surface area contributed by atoms with E-state index in [1.807, 2.05) is 19.9 Å². The van der Waals surface area contributed by atoms with Gasteiger partial charge in [-0.3, -0.25) is 0 Å². The van der Waals surface area contributed by atoms with Crippen LogP contribution in [0.15, 0.2) is 24.4 Å². The smallest absolute Gasteiger partial charge is 0.224 e. The van der Waals surface area contributed by atoms with Gasteiger partial charge in [-0.2, -0.15) is 4.98 Å². The van der Waals surface area contributed by atoms with Crippen LogP contribution in [0.1, 0.15) is 18.3 Å². The van der Waals surface area contributed by atoms with E-state index in [1.165, 1.54) is 13.2 Å². The lowest BCUT2D eigenvalue weighted by Gasteiger charge is -2.13. The second kappa shape index (κ2) is 6.57. The first-order valence-electron chi connectivity index (χ1n) is 7.45. The molecule has 1 N–H and O–H groups in total. The standard InChI is InChI=1S/C17H16ClFN4O/c1-4-13-22-15-11(17(23-13)24-3)7-10(8-12(15)19)21-14-9(2)5-6-20-16(14)18/h5-8,21H,4H2,1-3H3. The molecule has 0 saturated heterocycles. The van der Waals surface area contributed by atoms with E-state index >= 15 is 0 Å². The van der Waals surface area contributed by atoms with Gasteiger partial charge in [-0.15, -0.1) is 0 Å². The van der Waals surface area contributed by atoms with Crippen molar-refractivity contribution in [3.8, 4) is 5.88 Å². The summed E-state index contributed by atoms with van der Waals surface area (Å²) >= 11 is 6.12. The van der Waals surface area contributed by atoms with Crippen molar-refractivity contribution in [2.75, 3.05) is 12.4 Å². The first-order valence-corrected chi connectivity index (χ1v) is 7.83. The Bertz CT molecular complexity index is 896. The van der Waals surface area contributed by atoms with Crippen molar-refractivity contribution >= 4 is 33.9 Å². The van der Waals surface area contributed by atoms with Crippen molar-refractivity contribution < 1.29 is 9.13 Å². The van der Waals surface area contributed by atoms with E-state index in [-0.39, 0.29) is 5.52 Å². The van der Waals surface area contributed by atoms with Crippen molar-refractivity contribution in [3.05, 3.63) is 46.8 Å². The summed E-state index contributed by atoms with van der Waals surface area (Å²) in [5.74, 6) is 0.418. The lowest BCUT2D eigenvalue weighted by molar-refractivity contribution is 0.400. The molecule has 124 valence electrons. The van der Waals surface area contributed by atoms with Gasteiger partial charge in [0.2, 0.25) is 5.88 Å². The van der Waals surface area contributed by atoms with Gasteiger partial charge >= 0.3 is 0 Å². The van der Waals surface area contributed by atoms with Gasteiger partial charge in [-0.05, 0) is 30.7 Å². The van der Waals surface area contributed by atoms with E-state index in [1.54, 1.807) is 12.3 Å². The van der Waals surface area contributed by atoms with Crippen molar-refractivity contribution in [2.24, 2.45) is 0 Å². The van der Waals surface area contributed by atoms with Crippen LogP contribution in [0.2, 0.25) is 5.15 Å². The zero-order valence-corrected chi connectivity index (χ0v) is 14.3. The number of nitrogens with zero attached hydrogens (tertiary/aromatic N) is 3. The number of halogens is 2. The predicted octanol–water partition coefficient (Wildman–Crippen LogP) is 4.44. The molecule has 0 aliphatic rings. The zero-order chi connectivity index (χ0) is 17.3. The summed E-state index contributed by atoms with van der Waals surface area (Å²) in [6, 6.07) is 4.93. The normalized spacial score (nSPS) is 10.9. The highest BCUT2D eigenvalue weighted by Crippen LogP contribution is 2.32. The van der Waals surface area contributed by atoms with Crippen LogP contribution in [0.25, 0.3) is 10.9 Å². The molecular formula is C17H16ClFN4O. The largest absolute Gasteiger partial charge is 0.480 e. The van der Waals surface area contributed by atoms with Crippen LogP contribution in [0.4, 0.5) is 15.8 Å². The molecule has 5 nitrogen and oxygen atoms in total. The summed E-state index contributed by atoms with van der Waals surface area (Å²) in [5.41, 5.74) is 2.28. The molecule has 1 aromatic carbocycles. The summed E-state index contributed by atoms with van der Waals surface area (Å²) in [4.78, 5) is 12.6. The monoisotopic (exact) mass is 346 g/mol. The van der Waals surface area contributed by atoms with Gasteiger partial charge in [0.25, 0.3) is 0 Å². The lowest BCUT2D eigenvalue weighted by Crippen LogP contribution is -2.02. The van der Waals surface area contributed by atoms with Gasteiger partial charge in [0.15, 0.2) is 11.0 Å². The second-order valence-electron chi connectivity index (χ2n) is 5.28. The highest BCUT2D eigenvalue weighted by atomic mass is 35.5. The Morgan fingerprint density at radius 1 is 1.29 bits per heavy atom. The van der Waals surface area contributed by atoms with Crippen molar-refractivity contribution in [2.45, 2.75) is 20.3 Å². The van der Waals surface area contributed by atoms with Gasteiger partial charge in [-0.25, -0.2) is 14.4 Å². The number of fused-ring (bicyclic) bond motifs is 1. The van der Waals surface area contributed by atoms with Gasteiger partial charge in [0.05, 0.1) is 18.2 Å². The average Bonchev–Trinajstić information content (AvgIpc) is 2.57. The fourth-order valence-corrected chi connectivity index (χ4v) is 2.67. The van der Waals surface area contributed by atoms with Crippen molar-refractivity contribution in [1.29, 1.82) is 0 Å². The summed E-state index contributed by atoms with van der Waals surface area (Å²) in [5, 5.41) is 3.92. The quantitative estimate of drug-likeness (QED) is 0.708. The Balaban J connectivity index is 2.14. The number of hydrogen-bond donors (Lipinski definition) is 1. The molecule has 0 radical (unpaired) electrons. The van der Waals surface area contributed by atoms with Gasteiger partial charge < -0.3 is 10.1 Å². The molecule has 2 aromatic heterocycles. The van der Waals surface area contributed by atoms with Crippen LogP contribution in [-0.2, 0) is 6.42 Å². The Morgan fingerprint density at radius 2 is 2.08 bits per heavy atom. The molecule has 0 fully saturated rings. The van der Waals surface area contributed by atoms with E-state index in [4.69, 9.17) is 16.3 Å². The topological polar surface area (TPSA) is 59.9 Å². The third kappa shape index (κ3) is 2.97. The van der Waals surface area contributed by atoms with Crippen LogP contribution in [-0.4, -0.2) is 22.1 Å². The number of aryl methyl sites for hydroxylation is 2. The van der Waals surface area contributed by atoms with Gasteiger partial charge in [-0.1, -0.05) is 18.5 Å². The minimum Gasteiger partial charge on any atom is -0.480 e. The maximum Gasteiger partial charge on any atom is 0.224 e. The number of ether oxygens (including phenoxy) is 1. The minimum absolute atomic E-state index is 0.234. The molecule has 0 atom stereocenters. The van der Waals surface area contributed by atoms with Crippen LogP contribution in [0, 0.1) is 12.7 Å². The molecule has 0 aliphatic carbocycles. The van der Waals surface area contributed by atoms with E-state index in [0.29, 0.717) is 40.0 Å². The molecule has 0 spiro atoms. The van der Waals surface area contributed by atoms with Gasteiger partial charge in [0.1, 0.15) is 11.3 Å². The highest BCUT2D eigenvalue weighted by molar-refractivity contribution is 6.32. The van der Waals surface area contributed by atoms with Crippen molar-refractivity contribution in [3.63, 3.8) is 0 Å². The first-order chi connectivity index (χ1) is 11.5. The molecule has 2 heterocycles. The third-order valence-electron chi connectivity index (χ3n) is 3.66. The second-order valence-corrected chi connectivity index (χ2v) is 5.63. The number of aromatic nitrogens is 3. The maximum absolute atomic E-state index is 14.5. The molecular weight excluding hydrogens is 331 g/mol. The summed E-state index contributed by atoms with van der Waals surface area (Å²) in [6.07, 6.45) is 2.21. The maximum atomic E-state index is 14.5. The Morgan fingerprint density at radius 3 is 2.75 bits per heavy atom. The number of nitrogens with one attached hydrogen (secondary N) is 1. The Hall–Kier alpha value is -2.47. The summed E-state index contributed by atoms with van der Waals surface area (Å²) in [7, 11) is 1.50. The average molecular weight is 347 g/mol. The van der Waals surface area contributed by atoms with E-state index < -0.39 is 5.82 Å². The SMILES string of the molecule is CCc1nc(OC)c2cc(Nc3c(C)ccnc3Cl)cc(F)c2n1. The molecule has 7 heteroatoms. The number of anilines is 2. The van der Waals surface area contributed by atoms with E-state index in [0.717, 1.165) is 5.56 Å². The Labute approximate surface area is 143 Å². The number of benzene rings is 1. The molecule has 0 amide bonds. The molecule has 3 rings (SSSR count). The molecule has 3 aromatic rings. The zero-order valence-electron chi connectivity index (χ0n) is 13.5. The first kappa shape index (κ1) is 16.4. The van der Waals surface area contributed by atoms with Gasteiger partial charge in [0, 0.05) is 18.3 Å². The van der Waals surface area contributed by atoms with E-state index in [9.17, 15) is 4.39 Å². The predicted molar refractivity (Wildman–Crippen MR) is 92.7 cm³/mol. The van der Waals surface area contributed by atoms with Crippen LogP contribution >= 0.6 is 11.6 Å². The molecule has 24 heavy (non-hydrogen) atoms. The molecule has 0 aliphatic heterocycles. The molecule has 0 bridgehead atoms. The number of rotatable bonds is 4. The van der Waals surface area contributed by atoms with Crippen LogP contribution in [0.3, 0.4) is 0 Å². The Kier molecular flexibility index (Phi) is 4.49. The van der Waals surface area contributed by atoms with Crippen LogP contribution < -0.4 is 10.1 Å². The fourth-order valence-electron chi connectivity index (χ4n) is 2.41. The molecule has 0 saturated carbocycles. The lowest BCUT2D eigenvalue weighted by atomic mass is 10.2.